The maximum absolute atomic E-state index is 13.7. The zero-order chi connectivity index (χ0) is 27.7. The minimum absolute atomic E-state index is 0.0362. The zero-order valence-corrected chi connectivity index (χ0v) is 23.1. The van der Waals surface area contributed by atoms with Crippen LogP contribution in [-0.2, 0) is 14.4 Å². The van der Waals surface area contributed by atoms with E-state index < -0.39 is 29.0 Å². The number of β-amino-alcohol motifs (C(OH)–C–C–N with tert-alkyl or cyclic N) is 1. The number of hydrogen-bond donors (Lipinski definition) is 3. The van der Waals surface area contributed by atoms with Crippen LogP contribution in [0.5, 0.6) is 0 Å². The van der Waals surface area contributed by atoms with Crippen LogP contribution in [0.15, 0.2) is 35.1 Å². The largest absolute Gasteiger partial charge is 0.443 e. The molecule has 2 heterocycles. The highest BCUT2D eigenvalue weighted by Gasteiger charge is 2.45. The van der Waals surface area contributed by atoms with Crippen molar-refractivity contribution in [3.8, 4) is 11.3 Å². The molecule has 1 aliphatic heterocycles. The highest BCUT2D eigenvalue weighted by Crippen LogP contribution is 2.28. The number of likely N-dealkylation sites (tertiary alicyclic amines) is 1. The predicted molar refractivity (Wildman–Crippen MR) is 140 cm³/mol. The van der Waals surface area contributed by atoms with Gasteiger partial charge >= 0.3 is 0 Å². The van der Waals surface area contributed by atoms with Crippen molar-refractivity contribution < 1.29 is 23.9 Å². The highest BCUT2D eigenvalue weighted by molar-refractivity contribution is 5.94. The Labute approximate surface area is 219 Å². The molecule has 1 saturated heterocycles. The Kier molecular flexibility index (Phi) is 8.17. The summed E-state index contributed by atoms with van der Waals surface area (Å²) in [5.41, 5.74) is 1.30. The van der Waals surface area contributed by atoms with Gasteiger partial charge in [-0.15, -0.1) is 0 Å². The molecule has 9 heteroatoms. The average molecular weight is 513 g/mol. The van der Waals surface area contributed by atoms with Gasteiger partial charge in [-0.05, 0) is 24.8 Å². The fraction of sp³-hybridized carbons (Fsp3) is 0.571. The first-order chi connectivity index (χ1) is 17.1. The van der Waals surface area contributed by atoms with Crippen LogP contribution in [0.25, 0.3) is 11.3 Å². The molecule has 1 aliphatic rings. The normalized spacial score (nSPS) is 19.9. The van der Waals surface area contributed by atoms with Crippen LogP contribution >= 0.6 is 0 Å². The molecule has 9 nitrogen and oxygen atoms in total. The number of aromatic nitrogens is 1. The molecule has 3 N–H and O–H groups in total. The number of hydrogen-bond acceptors (Lipinski definition) is 6. The van der Waals surface area contributed by atoms with Crippen molar-refractivity contribution in [3.63, 3.8) is 0 Å². The molecule has 0 radical (unpaired) electrons. The Balaban J connectivity index is 1.74. The van der Waals surface area contributed by atoms with Crippen molar-refractivity contribution in [1.29, 1.82) is 0 Å². The summed E-state index contributed by atoms with van der Waals surface area (Å²) in [5.74, 6) is -0.271. The fourth-order valence-electron chi connectivity index (χ4n) is 4.36. The maximum atomic E-state index is 13.7. The van der Waals surface area contributed by atoms with Gasteiger partial charge in [0, 0.05) is 23.9 Å². The van der Waals surface area contributed by atoms with Crippen molar-refractivity contribution in [3.05, 3.63) is 41.9 Å². The number of aliphatic hydroxyl groups excluding tert-OH is 1. The number of rotatable bonds is 6. The molecule has 3 rings (SSSR count). The van der Waals surface area contributed by atoms with Gasteiger partial charge in [-0.2, -0.15) is 0 Å². The molecule has 3 amide bonds. The van der Waals surface area contributed by atoms with Crippen molar-refractivity contribution in [2.24, 2.45) is 10.8 Å². The second-order valence-corrected chi connectivity index (χ2v) is 12.0. The molecule has 0 saturated carbocycles. The van der Waals surface area contributed by atoms with Crippen LogP contribution < -0.4 is 10.6 Å². The molecule has 1 aromatic carbocycles. The SMILES string of the molecule is Cc1ncoc1-c1ccc(C(C)NC(=O)C2CC(O)CN2C(=O)C(NC(=O)C(C)(C)C)C(C)(C)C)cc1. The lowest BCUT2D eigenvalue weighted by atomic mass is 9.84. The number of amides is 3. The second kappa shape index (κ2) is 10.7. The molecule has 2 aromatic rings. The number of benzene rings is 1. The van der Waals surface area contributed by atoms with Gasteiger partial charge in [0.1, 0.15) is 12.1 Å². The van der Waals surface area contributed by atoms with Crippen LogP contribution in [0.1, 0.15) is 72.2 Å². The van der Waals surface area contributed by atoms with E-state index in [4.69, 9.17) is 4.42 Å². The Hall–Kier alpha value is -3.20. The third kappa shape index (κ3) is 6.57. The summed E-state index contributed by atoms with van der Waals surface area (Å²) in [4.78, 5) is 45.2. The molecule has 0 bridgehead atoms. The van der Waals surface area contributed by atoms with Crippen LogP contribution in [-0.4, -0.2) is 57.4 Å². The van der Waals surface area contributed by atoms with E-state index in [1.54, 1.807) is 20.8 Å². The van der Waals surface area contributed by atoms with E-state index in [1.807, 2.05) is 58.9 Å². The molecular weight excluding hydrogens is 472 g/mol. The third-order valence-corrected chi connectivity index (χ3v) is 6.71. The summed E-state index contributed by atoms with van der Waals surface area (Å²) >= 11 is 0. The van der Waals surface area contributed by atoms with Crippen molar-refractivity contribution >= 4 is 17.7 Å². The van der Waals surface area contributed by atoms with Gasteiger partial charge in [0.15, 0.2) is 12.2 Å². The number of carbonyl (C=O) groups is 3. The molecule has 0 spiro atoms. The molecule has 1 fully saturated rings. The van der Waals surface area contributed by atoms with Gasteiger partial charge in [0.2, 0.25) is 17.7 Å². The number of aryl methyl sites for hydroxylation is 1. The fourth-order valence-corrected chi connectivity index (χ4v) is 4.36. The topological polar surface area (TPSA) is 125 Å². The third-order valence-electron chi connectivity index (χ3n) is 6.71. The highest BCUT2D eigenvalue weighted by atomic mass is 16.3. The van der Waals surface area contributed by atoms with Gasteiger partial charge in [-0.25, -0.2) is 4.98 Å². The standard InChI is InChI=1S/C28H40N4O5/c1-16(18-9-11-19(12-10-18)22-17(2)29-15-37-22)30-24(34)21-13-20(33)14-32(21)25(35)23(27(3,4)5)31-26(36)28(6,7)8/h9-12,15-16,20-21,23,33H,13-14H2,1-8H3,(H,30,34)(H,31,36). The first-order valence-electron chi connectivity index (χ1n) is 12.7. The zero-order valence-electron chi connectivity index (χ0n) is 23.1. The Morgan fingerprint density at radius 3 is 2.22 bits per heavy atom. The first-order valence-corrected chi connectivity index (χ1v) is 12.7. The van der Waals surface area contributed by atoms with E-state index in [0.29, 0.717) is 5.76 Å². The summed E-state index contributed by atoms with van der Waals surface area (Å²) in [6.45, 7) is 14.7. The molecule has 0 aliphatic carbocycles. The van der Waals surface area contributed by atoms with Gasteiger partial charge in [-0.3, -0.25) is 14.4 Å². The minimum Gasteiger partial charge on any atom is -0.443 e. The van der Waals surface area contributed by atoms with E-state index in [1.165, 1.54) is 11.3 Å². The number of nitrogens with one attached hydrogen (secondary N) is 2. The molecule has 1 aromatic heterocycles. The van der Waals surface area contributed by atoms with Crippen LogP contribution in [0.3, 0.4) is 0 Å². The van der Waals surface area contributed by atoms with Crippen molar-refractivity contribution in [2.75, 3.05) is 6.54 Å². The maximum Gasteiger partial charge on any atom is 0.246 e. The van der Waals surface area contributed by atoms with E-state index >= 15 is 0 Å². The van der Waals surface area contributed by atoms with Crippen molar-refractivity contribution in [1.82, 2.24) is 20.5 Å². The smallest absolute Gasteiger partial charge is 0.246 e. The van der Waals surface area contributed by atoms with E-state index in [-0.39, 0.29) is 36.7 Å². The lowest BCUT2D eigenvalue weighted by Crippen LogP contribution is -2.59. The quantitative estimate of drug-likeness (QED) is 0.545. The van der Waals surface area contributed by atoms with Crippen molar-refractivity contribution in [2.45, 2.75) is 86.0 Å². The van der Waals surface area contributed by atoms with E-state index in [0.717, 1.165) is 16.8 Å². The van der Waals surface area contributed by atoms with Gasteiger partial charge in [0.05, 0.1) is 17.8 Å². The molecule has 37 heavy (non-hydrogen) atoms. The number of nitrogens with zero attached hydrogens (tertiary/aromatic N) is 2. The Bertz CT molecular complexity index is 1130. The lowest BCUT2D eigenvalue weighted by molar-refractivity contribution is -0.145. The Morgan fingerprint density at radius 2 is 1.70 bits per heavy atom. The first kappa shape index (κ1) is 28.4. The minimum atomic E-state index is -0.843. The molecular formula is C28H40N4O5. The lowest BCUT2D eigenvalue weighted by Gasteiger charge is -2.36. The van der Waals surface area contributed by atoms with Gasteiger partial charge in [0.25, 0.3) is 0 Å². The predicted octanol–water partition coefficient (Wildman–Crippen LogP) is 3.37. The van der Waals surface area contributed by atoms with E-state index in [9.17, 15) is 19.5 Å². The summed E-state index contributed by atoms with van der Waals surface area (Å²) < 4.78 is 5.44. The van der Waals surface area contributed by atoms with Gasteiger partial charge in [-0.1, -0.05) is 65.8 Å². The molecule has 4 unspecified atom stereocenters. The second-order valence-electron chi connectivity index (χ2n) is 12.0. The summed E-state index contributed by atoms with van der Waals surface area (Å²) in [6.07, 6.45) is 0.722. The summed E-state index contributed by atoms with van der Waals surface area (Å²) in [5, 5.41) is 16.2. The average Bonchev–Trinajstić information content (AvgIpc) is 3.40. The summed E-state index contributed by atoms with van der Waals surface area (Å²) in [7, 11) is 0. The number of carbonyl (C=O) groups excluding carboxylic acids is 3. The van der Waals surface area contributed by atoms with E-state index in [2.05, 4.69) is 15.6 Å². The number of oxazole rings is 1. The molecule has 202 valence electrons. The number of aliphatic hydroxyl groups is 1. The van der Waals surface area contributed by atoms with Crippen LogP contribution in [0.2, 0.25) is 0 Å². The van der Waals surface area contributed by atoms with Crippen LogP contribution in [0, 0.1) is 17.8 Å². The van der Waals surface area contributed by atoms with Crippen LogP contribution in [0.4, 0.5) is 0 Å². The monoisotopic (exact) mass is 512 g/mol. The molecule has 4 atom stereocenters. The summed E-state index contributed by atoms with van der Waals surface area (Å²) in [6, 6.07) is 5.63. The Morgan fingerprint density at radius 1 is 1.08 bits per heavy atom. The van der Waals surface area contributed by atoms with Gasteiger partial charge < -0.3 is 25.1 Å².